The number of rotatable bonds is 7. The van der Waals surface area contributed by atoms with Crippen LogP contribution in [0.25, 0.3) is 98.4 Å². The second-order valence-electron chi connectivity index (χ2n) is 16.5. The molecule has 0 atom stereocenters. The molecule has 0 heterocycles. The molecule has 0 aliphatic carbocycles. The van der Waals surface area contributed by atoms with Gasteiger partial charge in [0, 0.05) is 16.8 Å². The Morgan fingerprint density at radius 1 is 0.266 bits per heavy atom. The molecule has 1 nitrogen and oxygen atoms in total. The van der Waals surface area contributed by atoms with Gasteiger partial charge in [0.15, 0.2) is 0 Å². The summed E-state index contributed by atoms with van der Waals surface area (Å²) in [5.41, 5.74) is 12.5. The van der Waals surface area contributed by atoms with Gasteiger partial charge >= 0.3 is 0 Å². The second-order valence-corrected chi connectivity index (χ2v) is 16.5. The number of hydrogen-bond acceptors (Lipinski definition) is 1. The first-order chi connectivity index (χ1) is 31.7. The zero-order valence-electron chi connectivity index (χ0n) is 34.9. The molecular weight excluding hydrogens is 778 g/mol. The zero-order valence-corrected chi connectivity index (χ0v) is 34.9. The third kappa shape index (κ3) is 6.39. The Morgan fingerprint density at radius 3 is 1.20 bits per heavy atom. The summed E-state index contributed by atoms with van der Waals surface area (Å²) in [6.07, 6.45) is 0. The van der Waals surface area contributed by atoms with Crippen molar-refractivity contribution in [1.82, 2.24) is 0 Å². The lowest BCUT2D eigenvalue weighted by molar-refractivity contribution is 0.628. The highest BCUT2D eigenvalue weighted by Crippen LogP contribution is 2.48. The smallest absolute Gasteiger partial charge is 0.123 e. The fraction of sp³-hybridized carbons (Fsp3) is 0. The SMILES string of the molecule is Fc1ccc(N(c2ccc(-c3ccc(-c4ccc5c(-c6cccc7ccccc67)c6ccccc6c(-c6cccc7ccccc67)c5c4)cc3)cc2)c2cccc3ccccc23)cc1. The van der Waals surface area contributed by atoms with E-state index in [2.05, 4.69) is 223 Å². The first-order valence-corrected chi connectivity index (χ1v) is 21.9. The van der Waals surface area contributed by atoms with E-state index in [1.165, 1.54) is 83.0 Å². The van der Waals surface area contributed by atoms with Crippen LogP contribution in [0.2, 0.25) is 0 Å². The summed E-state index contributed by atoms with van der Waals surface area (Å²) in [5.74, 6) is -0.256. The number of hydrogen-bond donors (Lipinski definition) is 0. The maximum Gasteiger partial charge on any atom is 0.123 e. The summed E-state index contributed by atoms with van der Waals surface area (Å²) in [6, 6.07) is 85.9. The molecule has 12 aromatic carbocycles. The van der Waals surface area contributed by atoms with Crippen LogP contribution in [0.3, 0.4) is 0 Å². The Balaban J connectivity index is 0.979. The van der Waals surface area contributed by atoms with Crippen LogP contribution in [0, 0.1) is 5.82 Å². The predicted octanol–water partition coefficient (Wildman–Crippen LogP) is 17.7. The van der Waals surface area contributed by atoms with Gasteiger partial charge in [-0.15, -0.1) is 0 Å². The number of nitrogens with zero attached hydrogens (tertiary/aromatic N) is 1. The van der Waals surface area contributed by atoms with E-state index in [0.717, 1.165) is 44.5 Å². The third-order valence-corrected chi connectivity index (χ3v) is 12.9. The first-order valence-electron chi connectivity index (χ1n) is 21.9. The van der Waals surface area contributed by atoms with Crippen LogP contribution < -0.4 is 4.90 Å². The molecule has 0 saturated heterocycles. The van der Waals surface area contributed by atoms with Gasteiger partial charge in [-0.05, 0) is 142 Å². The van der Waals surface area contributed by atoms with Crippen LogP contribution in [0.5, 0.6) is 0 Å². The summed E-state index contributed by atoms with van der Waals surface area (Å²) in [7, 11) is 0. The lowest BCUT2D eigenvalue weighted by atomic mass is 9.83. The Hall–Kier alpha value is -8.33. The van der Waals surface area contributed by atoms with E-state index in [4.69, 9.17) is 0 Å². The maximum absolute atomic E-state index is 14.2. The summed E-state index contributed by atoms with van der Waals surface area (Å²) in [5, 5.41) is 12.2. The van der Waals surface area contributed by atoms with Crippen molar-refractivity contribution in [2.24, 2.45) is 0 Å². The molecule has 2 heteroatoms. The molecule has 0 spiro atoms. The molecule has 12 rings (SSSR count). The van der Waals surface area contributed by atoms with Gasteiger partial charge in [-0.3, -0.25) is 0 Å². The van der Waals surface area contributed by atoms with Crippen molar-refractivity contribution in [2.45, 2.75) is 0 Å². The highest BCUT2D eigenvalue weighted by Gasteiger charge is 2.21. The van der Waals surface area contributed by atoms with Crippen molar-refractivity contribution in [2.75, 3.05) is 4.90 Å². The molecule has 0 fully saturated rings. The van der Waals surface area contributed by atoms with Gasteiger partial charge in [0.1, 0.15) is 5.82 Å². The van der Waals surface area contributed by atoms with E-state index in [1.807, 2.05) is 12.1 Å². The average molecular weight is 818 g/mol. The summed E-state index contributed by atoms with van der Waals surface area (Å²) >= 11 is 0. The monoisotopic (exact) mass is 817 g/mol. The minimum absolute atomic E-state index is 0.256. The molecular formula is C62H40FN. The van der Waals surface area contributed by atoms with Crippen molar-refractivity contribution in [1.29, 1.82) is 0 Å². The molecule has 0 saturated carbocycles. The van der Waals surface area contributed by atoms with E-state index in [1.54, 1.807) is 0 Å². The molecule has 0 bridgehead atoms. The van der Waals surface area contributed by atoms with Crippen molar-refractivity contribution in [3.63, 3.8) is 0 Å². The average Bonchev–Trinajstić information content (AvgIpc) is 3.36. The lowest BCUT2D eigenvalue weighted by Crippen LogP contribution is -2.10. The van der Waals surface area contributed by atoms with Crippen LogP contribution in [-0.4, -0.2) is 0 Å². The van der Waals surface area contributed by atoms with Gasteiger partial charge < -0.3 is 4.90 Å². The highest BCUT2D eigenvalue weighted by molar-refractivity contribution is 6.25. The van der Waals surface area contributed by atoms with Crippen LogP contribution in [0.4, 0.5) is 21.5 Å². The van der Waals surface area contributed by atoms with Gasteiger partial charge in [0.25, 0.3) is 0 Å². The fourth-order valence-corrected chi connectivity index (χ4v) is 9.90. The summed E-state index contributed by atoms with van der Waals surface area (Å²) in [4.78, 5) is 2.20. The van der Waals surface area contributed by atoms with Gasteiger partial charge in [0.05, 0.1) is 5.69 Å². The molecule has 12 aromatic rings. The van der Waals surface area contributed by atoms with E-state index in [0.29, 0.717) is 0 Å². The lowest BCUT2D eigenvalue weighted by Gasteiger charge is -2.27. The molecule has 0 amide bonds. The Morgan fingerprint density at radius 2 is 0.641 bits per heavy atom. The molecule has 0 unspecified atom stereocenters. The number of anilines is 3. The quantitative estimate of drug-likeness (QED) is 0.145. The normalized spacial score (nSPS) is 11.5. The van der Waals surface area contributed by atoms with Crippen molar-refractivity contribution >= 4 is 70.9 Å². The largest absolute Gasteiger partial charge is 0.310 e. The molecule has 64 heavy (non-hydrogen) atoms. The third-order valence-electron chi connectivity index (χ3n) is 12.9. The maximum atomic E-state index is 14.2. The van der Waals surface area contributed by atoms with Gasteiger partial charge in [-0.25, -0.2) is 4.39 Å². The standard InChI is InChI=1S/C62H40FN/c63-48-33-37-50(38-34-48)64(60-25-11-17-46-14-3-6-20-53(46)60)49-35-30-42(31-36-49)41-26-28-43(29-27-41)47-32-39-58-59(40-47)62(55-24-10-16-45-13-2-5-19-52(45)55)57-22-8-7-21-56(57)61(58)54-23-9-15-44-12-1-4-18-51(44)54/h1-40H. The van der Waals surface area contributed by atoms with E-state index in [9.17, 15) is 4.39 Å². The Bertz CT molecular complexity index is 3700. The molecule has 0 aliphatic rings. The minimum Gasteiger partial charge on any atom is -0.310 e. The number of fused-ring (bicyclic) bond motifs is 5. The highest BCUT2D eigenvalue weighted by atomic mass is 19.1. The molecule has 0 aromatic heterocycles. The first kappa shape index (κ1) is 37.4. The Labute approximate surface area is 371 Å². The molecule has 0 radical (unpaired) electrons. The zero-order chi connectivity index (χ0) is 42.6. The summed E-state index contributed by atoms with van der Waals surface area (Å²) in [6.45, 7) is 0. The minimum atomic E-state index is -0.256. The van der Waals surface area contributed by atoms with Gasteiger partial charge in [0.2, 0.25) is 0 Å². The van der Waals surface area contributed by atoms with Crippen LogP contribution in [0.1, 0.15) is 0 Å². The van der Waals surface area contributed by atoms with Crippen LogP contribution in [-0.2, 0) is 0 Å². The van der Waals surface area contributed by atoms with Crippen LogP contribution in [0.15, 0.2) is 243 Å². The van der Waals surface area contributed by atoms with Crippen molar-refractivity contribution < 1.29 is 4.39 Å². The van der Waals surface area contributed by atoms with Crippen LogP contribution >= 0.6 is 0 Å². The predicted molar refractivity (Wildman–Crippen MR) is 270 cm³/mol. The fourth-order valence-electron chi connectivity index (χ4n) is 9.90. The second kappa shape index (κ2) is 15.5. The van der Waals surface area contributed by atoms with Crippen molar-refractivity contribution in [3.05, 3.63) is 248 Å². The number of benzene rings is 12. The van der Waals surface area contributed by atoms with E-state index < -0.39 is 0 Å². The molecule has 0 aliphatic heterocycles. The number of halogens is 1. The molecule has 300 valence electrons. The molecule has 0 N–H and O–H groups in total. The summed E-state index contributed by atoms with van der Waals surface area (Å²) < 4.78 is 14.2. The van der Waals surface area contributed by atoms with E-state index in [-0.39, 0.29) is 5.82 Å². The topological polar surface area (TPSA) is 3.24 Å². The van der Waals surface area contributed by atoms with E-state index >= 15 is 0 Å². The van der Waals surface area contributed by atoms with Crippen molar-refractivity contribution in [3.8, 4) is 44.5 Å². The van der Waals surface area contributed by atoms with Gasteiger partial charge in [-0.2, -0.15) is 0 Å². The van der Waals surface area contributed by atoms with Gasteiger partial charge in [-0.1, -0.05) is 194 Å². The Kier molecular flexibility index (Phi) is 9.09.